The number of hydrogen-bond acceptors (Lipinski definition) is 4. The molecule has 1 heterocycles. The van der Waals surface area contributed by atoms with Crippen LogP contribution in [0, 0.1) is 6.92 Å². The summed E-state index contributed by atoms with van der Waals surface area (Å²) in [7, 11) is 1.98. The van der Waals surface area contributed by atoms with Crippen LogP contribution in [-0.2, 0) is 4.79 Å². The van der Waals surface area contributed by atoms with Gasteiger partial charge in [-0.1, -0.05) is 82.3 Å². The molecule has 1 aromatic rings. The molecule has 38 heavy (non-hydrogen) atoms. The van der Waals surface area contributed by atoms with Crippen molar-refractivity contribution in [3.8, 4) is 0 Å². The van der Waals surface area contributed by atoms with E-state index in [1.165, 1.54) is 5.56 Å². The molecule has 0 bridgehead atoms. The zero-order chi connectivity index (χ0) is 29.3. The van der Waals surface area contributed by atoms with Crippen molar-refractivity contribution in [2.45, 2.75) is 61.8 Å². The minimum absolute atomic E-state index is 0.128. The topological polar surface area (TPSA) is 59.4 Å². The highest BCUT2D eigenvalue weighted by Crippen LogP contribution is 2.12. The molecule has 6 nitrogen and oxygen atoms in total. The maximum Gasteiger partial charge on any atom is 0.237 e. The molecule has 1 saturated heterocycles. The monoisotopic (exact) mass is 526 g/mol. The second kappa shape index (κ2) is 24.2. The highest BCUT2D eigenvalue weighted by Gasteiger charge is 2.24. The van der Waals surface area contributed by atoms with E-state index in [1.54, 1.807) is 19.1 Å². The summed E-state index contributed by atoms with van der Waals surface area (Å²) < 4.78 is 0. The van der Waals surface area contributed by atoms with Crippen LogP contribution in [0.3, 0.4) is 0 Å². The summed E-state index contributed by atoms with van der Waals surface area (Å²) in [6.07, 6.45) is 9.67. The first-order valence-electron chi connectivity index (χ1n) is 13.8. The van der Waals surface area contributed by atoms with Gasteiger partial charge in [0.05, 0.1) is 18.6 Å². The van der Waals surface area contributed by atoms with Crippen molar-refractivity contribution in [3.05, 3.63) is 83.8 Å². The summed E-state index contributed by atoms with van der Waals surface area (Å²) in [4.78, 5) is 22.9. The number of aryl methyl sites for hydroxylation is 1. The first-order chi connectivity index (χ1) is 18.2. The van der Waals surface area contributed by atoms with Gasteiger partial charge in [0.25, 0.3) is 0 Å². The zero-order valence-corrected chi connectivity index (χ0v) is 25.6. The van der Waals surface area contributed by atoms with Crippen molar-refractivity contribution in [3.63, 3.8) is 0 Å². The predicted molar refractivity (Wildman–Crippen MR) is 167 cm³/mol. The molecule has 0 aromatic heterocycles. The molecule has 1 aliphatic rings. The Labute approximate surface area is 233 Å². The number of allylic oxidation sites excluding steroid dienone is 4. The Morgan fingerprint density at radius 1 is 1.11 bits per heavy atom. The van der Waals surface area contributed by atoms with Crippen molar-refractivity contribution in [1.29, 1.82) is 0 Å². The van der Waals surface area contributed by atoms with E-state index in [4.69, 9.17) is 0 Å². The molecule has 0 aliphatic carbocycles. The van der Waals surface area contributed by atoms with E-state index in [-0.39, 0.29) is 11.7 Å². The molecule has 0 unspecified atom stereocenters. The molecule has 1 amide bonds. The lowest BCUT2D eigenvalue weighted by Gasteiger charge is -2.34. The van der Waals surface area contributed by atoms with E-state index in [1.807, 2.05) is 88.3 Å². The van der Waals surface area contributed by atoms with Crippen LogP contribution in [0.5, 0.6) is 0 Å². The molecule has 6 heteroatoms. The number of nitrogens with zero attached hydrogens (tertiary/aromatic N) is 4. The van der Waals surface area contributed by atoms with Crippen LogP contribution < -0.4 is 0 Å². The van der Waals surface area contributed by atoms with Crippen LogP contribution in [0.4, 0.5) is 0 Å². The van der Waals surface area contributed by atoms with Crippen molar-refractivity contribution in [2.24, 2.45) is 4.99 Å². The molecule has 1 aromatic carbocycles. The molecule has 0 atom stereocenters. The van der Waals surface area contributed by atoms with Crippen molar-refractivity contribution in [1.82, 2.24) is 14.7 Å². The van der Waals surface area contributed by atoms with Gasteiger partial charge in [-0.05, 0) is 51.3 Å². The molecular weight excluding hydrogens is 472 g/mol. The summed E-state index contributed by atoms with van der Waals surface area (Å²) in [5.74, 6) is 0.416. The Balaban J connectivity index is 0. The number of benzene rings is 1. The van der Waals surface area contributed by atoms with Crippen LogP contribution in [0.2, 0.25) is 0 Å². The maximum absolute atomic E-state index is 12.5. The van der Waals surface area contributed by atoms with Gasteiger partial charge in [0.2, 0.25) is 5.91 Å². The third kappa shape index (κ3) is 19.1. The molecular formula is C32H54N4O2. The first-order valence-corrected chi connectivity index (χ1v) is 13.8. The van der Waals surface area contributed by atoms with E-state index in [0.29, 0.717) is 26.1 Å². The number of carbonyl (C=O) groups excluding carboxylic acids is 1. The quantitative estimate of drug-likeness (QED) is 0.154. The fraction of sp³-hybridized carbons (Fsp3) is 0.500. The summed E-state index contributed by atoms with van der Waals surface area (Å²) in [6.45, 7) is 23.8. The largest absolute Gasteiger partial charge is 0.513 e. The van der Waals surface area contributed by atoms with Gasteiger partial charge < -0.3 is 14.9 Å². The van der Waals surface area contributed by atoms with Gasteiger partial charge in [-0.15, -0.1) is 0 Å². The van der Waals surface area contributed by atoms with Crippen molar-refractivity contribution >= 4 is 12.2 Å². The van der Waals surface area contributed by atoms with Gasteiger partial charge >= 0.3 is 0 Å². The predicted octanol–water partition coefficient (Wildman–Crippen LogP) is 7.03. The van der Waals surface area contributed by atoms with Gasteiger partial charge in [-0.3, -0.25) is 9.69 Å². The van der Waals surface area contributed by atoms with Gasteiger partial charge in [0.1, 0.15) is 0 Å². The lowest BCUT2D eigenvalue weighted by molar-refractivity contribution is -0.135. The Hall–Kier alpha value is -3.12. The molecule has 1 N–H and O–H groups in total. The van der Waals surface area contributed by atoms with Crippen LogP contribution in [0.1, 0.15) is 60.5 Å². The summed E-state index contributed by atoms with van der Waals surface area (Å²) >= 11 is 0. The number of piperazine rings is 1. The molecule has 2 rings (SSSR count). The lowest BCUT2D eigenvalue weighted by Crippen LogP contribution is -2.51. The number of rotatable bonds is 10. The Bertz CT molecular complexity index is 869. The summed E-state index contributed by atoms with van der Waals surface area (Å²) in [5.41, 5.74) is 3.51. The highest BCUT2D eigenvalue weighted by molar-refractivity contribution is 5.79. The normalized spacial score (nSPS) is 14.5. The van der Waals surface area contributed by atoms with Gasteiger partial charge in [-0.2, -0.15) is 0 Å². The maximum atomic E-state index is 12.5. The minimum Gasteiger partial charge on any atom is -0.513 e. The molecule has 214 valence electrons. The summed E-state index contributed by atoms with van der Waals surface area (Å²) in [5, 5.41) is 9.35. The number of amides is 1. The van der Waals surface area contributed by atoms with Gasteiger partial charge in [0, 0.05) is 46.0 Å². The Morgan fingerprint density at radius 3 is 2.21 bits per heavy atom. The van der Waals surface area contributed by atoms with Gasteiger partial charge in [-0.25, -0.2) is 4.99 Å². The van der Waals surface area contributed by atoms with Crippen LogP contribution >= 0.6 is 0 Å². The average molecular weight is 527 g/mol. The first kappa shape index (κ1) is 37.0. The number of aliphatic hydroxyl groups is 1. The molecule has 0 radical (unpaired) electrons. The number of hydrogen-bond donors (Lipinski definition) is 1. The number of carbonyl (C=O) groups is 1. The Morgan fingerprint density at radius 2 is 1.74 bits per heavy atom. The minimum atomic E-state index is 0.128. The highest BCUT2D eigenvalue weighted by atomic mass is 16.3. The third-order valence-electron chi connectivity index (χ3n) is 5.28. The standard InChI is InChI=1S/C21H34N4O2.C7H8.2C2H6/c1-6-8-20(10-9-19(4)26)15-25-12-11-24(16-21(25)27)14-18(3)13-22-17-23(5)7-2;1-7-5-3-2-4-6-7;2*1-2/h6,8-9,13,17,26H,1,7,10-12,14-16H2,2-5H3;2-6H,1H3;2*1-2H3/b18-13+,19-9+,20-8+,22-17?;;;. The zero-order valence-electron chi connectivity index (χ0n) is 25.6. The lowest BCUT2D eigenvalue weighted by atomic mass is 10.1. The fourth-order valence-electron chi connectivity index (χ4n) is 3.22. The number of aliphatic imine (C=N–C) groups is 1. The average Bonchev–Trinajstić information content (AvgIpc) is 2.91. The molecule has 1 fully saturated rings. The Kier molecular flexibility index (Phi) is 23.6. The fourth-order valence-corrected chi connectivity index (χ4v) is 3.22. The van der Waals surface area contributed by atoms with Crippen molar-refractivity contribution < 1.29 is 9.90 Å². The molecule has 0 spiro atoms. The van der Waals surface area contributed by atoms with E-state index < -0.39 is 0 Å². The second-order valence-corrected chi connectivity index (χ2v) is 8.60. The summed E-state index contributed by atoms with van der Waals surface area (Å²) in [6, 6.07) is 10.3. The smallest absolute Gasteiger partial charge is 0.237 e. The third-order valence-corrected chi connectivity index (χ3v) is 5.28. The SMILES string of the molecule is C=C/C=C(\C/C=C(\C)O)CN1CCN(C/C(C)=C/N=CN(C)CC)CC1=O.CC.CC.Cc1ccccc1. The molecule has 1 aliphatic heterocycles. The second-order valence-electron chi connectivity index (χ2n) is 8.60. The van der Waals surface area contributed by atoms with Crippen molar-refractivity contribution in [2.75, 3.05) is 46.3 Å². The van der Waals surface area contributed by atoms with Crippen LogP contribution in [0.25, 0.3) is 0 Å². The van der Waals surface area contributed by atoms with E-state index in [9.17, 15) is 9.90 Å². The molecule has 0 saturated carbocycles. The van der Waals surface area contributed by atoms with E-state index in [2.05, 4.69) is 42.5 Å². The number of aliphatic hydroxyl groups excluding tert-OH is 1. The van der Waals surface area contributed by atoms with E-state index >= 15 is 0 Å². The van der Waals surface area contributed by atoms with E-state index in [0.717, 1.165) is 30.8 Å². The van der Waals surface area contributed by atoms with Crippen LogP contribution in [0.15, 0.2) is 83.2 Å². The van der Waals surface area contributed by atoms with Crippen LogP contribution in [-0.4, -0.2) is 78.4 Å². The van der Waals surface area contributed by atoms with Gasteiger partial charge in [0.15, 0.2) is 0 Å².